The van der Waals surface area contributed by atoms with E-state index in [2.05, 4.69) is 10.3 Å². The zero-order valence-corrected chi connectivity index (χ0v) is 11.5. The number of anilines is 1. The number of aromatic nitrogens is 1. The van der Waals surface area contributed by atoms with Crippen LogP contribution in [0, 0.1) is 5.82 Å². The third-order valence-electron chi connectivity index (χ3n) is 3.21. The van der Waals surface area contributed by atoms with Crippen LogP contribution in [0.1, 0.15) is 6.42 Å². The third kappa shape index (κ3) is 2.95. The second kappa shape index (κ2) is 5.43. The number of aliphatic hydroxyl groups is 1. The maximum absolute atomic E-state index is 13.1. The summed E-state index contributed by atoms with van der Waals surface area (Å²) in [5, 5.41) is 12.6. The van der Waals surface area contributed by atoms with E-state index >= 15 is 0 Å². The van der Waals surface area contributed by atoms with Crippen LogP contribution in [0.4, 0.5) is 9.52 Å². The molecule has 5 nitrogen and oxygen atoms in total. The number of halogens is 1. The molecule has 1 fully saturated rings. The number of benzene rings is 1. The van der Waals surface area contributed by atoms with E-state index < -0.39 is 0 Å². The van der Waals surface area contributed by atoms with E-state index in [0.717, 1.165) is 6.54 Å². The number of β-amino-alcohol motifs (C(OH)–C–C–N with tert-alkyl or cyclic N) is 1. The van der Waals surface area contributed by atoms with Gasteiger partial charge < -0.3 is 10.4 Å². The Labute approximate surface area is 119 Å². The summed E-state index contributed by atoms with van der Waals surface area (Å²) in [4.78, 5) is 18.0. The Hall–Kier alpha value is -1.57. The number of hydrogen-bond donors (Lipinski definition) is 2. The smallest absolute Gasteiger partial charge is 0.240 e. The Kier molecular flexibility index (Phi) is 3.64. The van der Waals surface area contributed by atoms with Gasteiger partial charge in [0.05, 0.1) is 22.9 Å². The lowest BCUT2D eigenvalue weighted by Crippen LogP contribution is -2.32. The van der Waals surface area contributed by atoms with Crippen molar-refractivity contribution in [2.45, 2.75) is 12.5 Å². The normalized spacial score (nSPS) is 19.6. The van der Waals surface area contributed by atoms with E-state index in [4.69, 9.17) is 0 Å². The fraction of sp³-hybridized carbons (Fsp3) is 0.385. The molecule has 0 aliphatic carbocycles. The highest BCUT2D eigenvalue weighted by Crippen LogP contribution is 2.26. The first kappa shape index (κ1) is 13.4. The first-order chi connectivity index (χ1) is 9.60. The first-order valence-electron chi connectivity index (χ1n) is 6.36. The fourth-order valence-corrected chi connectivity index (χ4v) is 3.18. The maximum Gasteiger partial charge on any atom is 0.240 e. The Bertz CT molecular complexity index is 646. The molecule has 1 atom stereocenters. The van der Waals surface area contributed by atoms with Gasteiger partial charge >= 0.3 is 0 Å². The number of aliphatic hydroxyl groups excluding tert-OH is 1. The molecule has 1 aliphatic heterocycles. The minimum absolute atomic E-state index is 0.168. The molecule has 0 bridgehead atoms. The van der Waals surface area contributed by atoms with Crippen molar-refractivity contribution in [3.63, 3.8) is 0 Å². The molecule has 1 saturated heterocycles. The molecule has 0 unspecified atom stereocenters. The summed E-state index contributed by atoms with van der Waals surface area (Å²) in [6.07, 6.45) is 0.362. The van der Waals surface area contributed by atoms with Gasteiger partial charge in [0, 0.05) is 13.1 Å². The van der Waals surface area contributed by atoms with E-state index in [0.29, 0.717) is 28.3 Å². The van der Waals surface area contributed by atoms with Gasteiger partial charge in [0.15, 0.2) is 5.13 Å². The SMILES string of the molecule is O=C(CN1CC[C@H](O)C1)Nc1nc2ccc(F)cc2s1. The van der Waals surface area contributed by atoms with E-state index in [-0.39, 0.29) is 24.4 Å². The highest BCUT2D eigenvalue weighted by molar-refractivity contribution is 7.22. The summed E-state index contributed by atoms with van der Waals surface area (Å²) in [7, 11) is 0. The van der Waals surface area contributed by atoms with Crippen molar-refractivity contribution >= 4 is 32.6 Å². The number of carbonyl (C=O) groups excluding carboxylic acids is 1. The molecule has 1 aromatic carbocycles. The molecule has 3 rings (SSSR count). The summed E-state index contributed by atoms with van der Waals surface area (Å²) in [5.74, 6) is -0.483. The Morgan fingerprint density at radius 1 is 1.60 bits per heavy atom. The summed E-state index contributed by atoms with van der Waals surface area (Å²) < 4.78 is 13.8. The number of carbonyl (C=O) groups is 1. The van der Waals surface area contributed by atoms with Crippen LogP contribution in [0.3, 0.4) is 0 Å². The van der Waals surface area contributed by atoms with E-state index in [1.807, 2.05) is 4.90 Å². The number of rotatable bonds is 3. The van der Waals surface area contributed by atoms with E-state index in [9.17, 15) is 14.3 Å². The van der Waals surface area contributed by atoms with Crippen molar-refractivity contribution in [2.75, 3.05) is 25.0 Å². The van der Waals surface area contributed by atoms with Gasteiger partial charge in [0.25, 0.3) is 0 Å². The highest BCUT2D eigenvalue weighted by atomic mass is 32.1. The molecule has 2 N–H and O–H groups in total. The number of thiazole rings is 1. The van der Waals surface area contributed by atoms with E-state index in [1.165, 1.54) is 23.5 Å². The molecule has 1 amide bonds. The lowest BCUT2D eigenvalue weighted by molar-refractivity contribution is -0.117. The molecule has 1 aromatic heterocycles. The Balaban J connectivity index is 1.65. The van der Waals surface area contributed by atoms with Crippen molar-refractivity contribution < 1.29 is 14.3 Å². The van der Waals surface area contributed by atoms with Crippen molar-refractivity contribution in [3.8, 4) is 0 Å². The predicted molar refractivity (Wildman–Crippen MR) is 75.3 cm³/mol. The van der Waals surface area contributed by atoms with Crippen molar-refractivity contribution in [2.24, 2.45) is 0 Å². The second-order valence-electron chi connectivity index (χ2n) is 4.86. The molecule has 106 valence electrons. The molecular weight excluding hydrogens is 281 g/mol. The molecule has 2 aromatic rings. The molecule has 0 spiro atoms. The van der Waals surface area contributed by atoms with Crippen LogP contribution in [-0.2, 0) is 4.79 Å². The van der Waals surface area contributed by atoms with Gasteiger partial charge in [-0.05, 0) is 24.6 Å². The van der Waals surface area contributed by atoms with Crippen LogP contribution < -0.4 is 5.32 Å². The van der Waals surface area contributed by atoms with Gasteiger partial charge in [-0.3, -0.25) is 9.69 Å². The number of nitrogens with zero attached hydrogens (tertiary/aromatic N) is 2. The van der Waals surface area contributed by atoms with Gasteiger partial charge in [0.1, 0.15) is 5.82 Å². The van der Waals surface area contributed by atoms with Crippen molar-refractivity contribution in [1.82, 2.24) is 9.88 Å². The predicted octanol–water partition coefficient (Wildman–Crippen LogP) is 1.44. The van der Waals surface area contributed by atoms with Crippen molar-refractivity contribution in [1.29, 1.82) is 0 Å². The van der Waals surface area contributed by atoms with Crippen LogP contribution >= 0.6 is 11.3 Å². The second-order valence-corrected chi connectivity index (χ2v) is 5.89. The summed E-state index contributed by atoms with van der Waals surface area (Å²) >= 11 is 1.25. The molecule has 0 radical (unpaired) electrons. The topological polar surface area (TPSA) is 65.5 Å². The van der Waals surface area contributed by atoms with Crippen LogP contribution in [-0.4, -0.2) is 46.6 Å². The van der Waals surface area contributed by atoms with Crippen LogP contribution in [0.15, 0.2) is 18.2 Å². The number of fused-ring (bicyclic) bond motifs is 1. The molecule has 2 heterocycles. The standard InChI is InChI=1S/C13H14FN3O2S/c14-8-1-2-10-11(5-8)20-13(15-10)16-12(19)7-17-4-3-9(18)6-17/h1-2,5,9,18H,3-4,6-7H2,(H,15,16,19)/t9-/m0/s1. The monoisotopic (exact) mass is 295 g/mol. The Morgan fingerprint density at radius 2 is 2.45 bits per heavy atom. The lowest BCUT2D eigenvalue weighted by Gasteiger charge is -2.13. The maximum atomic E-state index is 13.1. The zero-order valence-electron chi connectivity index (χ0n) is 10.7. The molecule has 0 saturated carbocycles. The number of likely N-dealkylation sites (tertiary alicyclic amines) is 1. The minimum atomic E-state index is -0.340. The minimum Gasteiger partial charge on any atom is -0.392 e. The van der Waals surface area contributed by atoms with E-state index in [1.54, 1.807) is 6.07 Å². The van der Waals surface area contributed by atoms with Gasteiger partial charge in [-0.2, -0.15) is 0 Å². The van der Waals surface area contributed by atoms with Gasteiger partial charge in [-0.1, -0.05) is 11.3 Å². The highest BCUT2D eigenvalue weighted by Gasteiger charge is 2.22. The molecule has 1 aliphatic rings. The molecular formula is C13H14FN3O2S. The van der Waals surface area contributed by atoms with Crippen LogP contribution in [0.2, 0.25) is 0 Å². The Morgan fingerprint density at radius 3 is 3.20 bits per heavy atom. The summed E-state index contributed by atoms with van der Waals surface area (Å²) in [5.41, 5.74) is 0.670. The van der Waals surface area contributed by atoms with Gasteiger partial charge in [-0.25, -0.2) is 9.37 Å². The zero-order chi connectivity index (χ0) is 14.1. The van der Waals surface area contributed by atoms with Crippen LogP contribution in [0.5, 0.6) is 0 Å². The van der Waals surface area contributed by atoms with Crippen molar-refractivity contribution in [3.05, 3.63) is 24.0 Å². The number of amides is 1. The average Bonchev–Trinajstić information content (AvgIpc) is 2.94. The molecule has 20 heavy (non-hydrogen) atoms. The van der Waals surface area contributed by atoms with Gasteiger partial charge in [0.2, 0.25) is 5.91 Å². The average molecular weight is 295 g/mol. The largest absolute Gasteiger partial charge is 0.392 e. The quantitative estimate of drug-likeness (QED) is 0.899. The fourth-order valence-electron chi connectivity index (χ4n) is 2.27. The van der Waals surface area contributed by atoms with Crippen LogP contribution in [0.25, 0.3) is 10.2 Å². The number of nitrogens with one attached hydrogen (secondary N) is 1. The third-order valence-corrected chi connectivity index (χ3v) is 4.15. The molecule has 7 heteroatoms. The lowest BCUT2D eigenvalue weighted by atomic mass is 10.3. The summed E-state index contributed by atoms with van der Waals surface area (Å²) in [6.45, 7) is 1.49. The summed E-state index contributed by atoms with van der Waals surface area (Å²) in [6, 6.07) is 4.34. The van der Waals surface area contributed by atoms with Gasteiger partial charge in [-0.15, -0.1) is 0 Å². The first-order valence-corrected chi connectivity index (χ1v) is 7.18. The number of hydrogen-bond acceptors (Lipinski definition) is 5.